The molecule has 1 aliphatic rings. The molecule has 2 aromatic carbocycles. The highest BCUT2D eigenvalue weighted by molar-refractivity contribution is 7.89. The van der Waals surface area contributed by atoms with Crippen LogP contribution < -0.4 is 10.1 Å². The first-order valence-corrected chi connectivity index (χ1v) is 12.0. The van der Waals surface area contributed by atoms with Gasteiger partial charge in [-0.25, -0.2) is 12.7 Å². The lowest BCUT2D eigenvalue weighted by Crippen LogP contribution is -2.43. The molecule has 1 fully saturated rings. The second kappa shape index (κ2) is 10.1. The average Bonchev–Trinajstić information content (AvgIpc) is 2.77. The first-order chi connectivity index (χ1) is 15.3. The highest BCUT2D eigenvalue weighted by Gasteiger charge is 2.33. The lowest BCUT2D eigenvalue weighted by atomic mass is 10.0. The van der Waals surface area contributed by atoms with Gasteiger partial charge in [0.25, 0.3) is 5.91 Å². The van der Waals surface area contributed by atoms with Crippen LogP contribution in [0.25, 0.3) is 0 Å². The summed E-state index contributed by atoms with van der Waals surface area (Å²) in [6, 6.07) is 12.8. The normalized spacial score (nSPS) is 15.5. The largest absolute Gasteiger partial charge is 0.492 e. The van der Waals surface area contributed by atoms with Crippen LogP contribution in [0, 0.1) is 0 Å². The zero-order valence-electron chi connectivity index (χ0n) is 18.6. The Morgan fingerprint density at radius 3 is 2.50 bits per heavy atom. The first kappa shape index (κ1) is 23.7. The summed E-state index contributed by atoms with van der Waals surface area (Å²) in [5.41, 5.74) is 1.01. The summed E-state index contributed by atoms with van der Waals surface area (Å²) >= 11 is 0. The second-order valence-electron chi connectivity index (χ2n) is 7.73. The van der Waals surface area contributed by atoms with E-state index in [1.165, 1.54) is 26.2 Å². The summed E-state index contributed by atoms with van der Waals surface area (Å²) in [7, 11) is -0.929. The van der Waals surface area contributed by atoms with E-state index >= 15 is 0 Å². The Balaban J connectivity index is 1.96. The standard InChI is InChI=1S/C23H29N3O5S/c1-4-31-19-14-13-18(16-20(19)32(29,30)25(2)3)24-23(28)22(17-10-6-5-7-11-17)26-15-9-8-12-21(26)27/h5-7,10-11,13-14,16,22H,4,8-9,12,15H2,1-3H3,(H,24,28). The molecule has 2 aromatic rings. The van der Waals surface area contributed by atoms with Crippen molar-refractivity contribution in [1.29, 1.82) is 0 Å². The highest BCUT2D eigenvalue weighted by atomic mass is 32.2. The number of anilines is 1. The minimum atomic E-state index is -3.80. The van der Waals surface area contributed by atoms with E-state index in [0.717, 1.165) is 17.1 Å². The molecule has 0 spiro atoms. The number of hydrogen-bond donors (Lipinski definition) is 1. The van der Waals surface area contributed by atoms with Crippen molar-refractivity contribution in [2.45, 2.75) is 37.1 Å². The van der Waals surface area contributed by atoms with Gasteiger partial charge in [0, 0.05) is 32.7 Å². The van der Waals surface area contributed by atoms with Crippen molar-refractivity contribution in [3.63, 3.8) is 0 Å². The van der Waals surface area contributed by atoms with Crippen molar-refractivity contribution in [2.75, 3.05) is 32.6 Å². The molecule has 3 rings (SSSR count). The maximum atomic E-state index is 13.4. The fraction of sp³-hybridized carbons (Fsp3) is 0.391. The van der Waals surface area contributed by atoms with E-state index in [1.807, 2.05) is 30.3 Å². The van der Waals surface area contributed by atoms with E-state index in [-0.39, 0.29) is 16.6 Å². The minimum Gasteiger partial charge on any atom is -0.492 e. The monoisotopic (exact) mass is 459 g/mol. The van der Waals surface area contributed by atoms with E-state index in [9.17, 15) is 18.0 Å². The molecule has 0 radical (unpaired) electrons. The van der Waals surface area contributed by atoms with Gasteiger partial charge in [-0.2, -0.15) is 0 Å². The van der Waals surface area contributed by atoms with E-state index in [4.69, 9.17) is 4.74 Å². The molecular formula is C23H29N3O5S. The molecule has 1 aliphatic heterocycles. The number of amides is 2. The fourth-order valence-corrected chi connectivity index (χ4v) is 4.73. The molecule has 32 heavy (non-hydrogen) atoms. The number of ether oxygens (including phenoxy) is 1. The minimum absolute atomic E-state index is 0.0348. The van der Waals surface area contributed by atoms with Crippen molar-refractivity contribution in [3.8, 4) is 5.75 Å². The van der Waals surface area contributed by atoms with Gasteiger partial charge in [-0.05, 0) is 43.5 Å². The lowest BCUT2D eigenvalue weighted by molar-refractivity contribution is -0.141. The molecule has 1 saturated heterocycles. The molecular weight excluding hydrogens is 430 g/mol. The number of sulfonamides is 1. The summed E-state index contributed by atoms with van der Waals surface area (Å²) in [5.74, 6) is -0.253. The number of benzene rings is 2. The third-order valence-corrected chi connectivity index (χ3v) is 7.14. The number of likely N-dealkylation sites (tertiary alicyclic amines) is 1. The zero-order chi connectivity index (χ0) is 23.3. The van der Waals surface area contributed by atoms with Gasteiger partial charge in [0.1, 0.15) is 16.7 Å². The predicted octanol–water partition coefficient (Wildman–Crippen LogP) is 3.03. The van der Waals surface area contributed by atoms with Crippen LogP contribution in [-0.2, 0) is 19.6 Å². The molecule has 1 heterocycles. The smallest absolute Gasteiger partial charge is 0.251 e. The topological polar surface area (TPSA) is 96.0 Å². The number of hydrogen-bond acceptors (Lipinski definition) is 5. The lowest BCUT2D eigenvalue weighted by Gasteiger charge is -2.34. The van der Waals surface area contributed by atoms with Gasteiger partial charge in [0.2, 0.25) is 15.9 Å². The van der Waals surface area contributed by atoms with Gasteiger partial charge in [0.15, 0.2) is 0 Å². The fourth-order valence-electron chi connectivity index (χ4n) is 3.68. The number of carbonyl (C=O) groups is 2. The Morgan fingerprint density at radius 2 is 1.88 bits per heavy atom. The number of rotatable bonds is 8. The summed E-state index contributed by atoms with van der Waals surface area (Å²) in [6.45, 7) is 2.56. The van der Waals surface area contributed by atoms with Crippen LogP contribution in [0.15, 0.2) is 53.4 Å². The Bertz CT molecular complexity index is 1070. The Labute approximate surface area is 189 Å². The van der Waals surface area contributed by atoms with Crippen LogP contribution in [0.2, 0.25) is 0 Å². The summed E-state index contributed by atoms with van der Waals surface area (Å²) in [5, 5.41) is 2.81. The van der Waals surface area contributed by atoms with Gasteiger partial charge in [0.05, 0.1) is 6.61 Å². The summed E-state index contributed by atoms with van der Waals surface area (Å²) < 4.78 is 32.2. The third kappa shape index (κ3) is 5.11. The van der Waals surface area contributed by atoms with Gasteiger partial charge < -0.3 is 15.0 Å². The molecule has 8 nitrogen and oxygen atoms in total. The highest BCUT2D eigenvalue weighted by Crippen LogP contribution is 2.31. The second-order valence-corrected chi connectivity index (χ2v) is 9.85. The number of nitrogens with one attached hydrogen (secondary N) is 1. The van der Waals surface area contributed by atoms with Crippen molar-refractivity contribution < 1.29 is 22.7 Å². The van der Waals surface area contributed by atoms with Gasteiger partial charge in [-0.1, -0.05) is 30.3 Å². The number of carbonyl (C=O) groups excluding carboxylic acids is 2. The molecule has 1 unspecified atom stereocenters. The Morgan fingerprint density at radius 1 is 1.16 bits per heavy atom. The van der Waals surface area contributed by atoms with Crippen LogP contribution in [0.3, 0.4) is 0 Å². The van der Waals surface area contributed by atoms with Crippen LogP contribution >= 0.6 is 0 Å². The molecule has 2 amide bonds. The maximum Gasteiger partial charge on any atom is 0.251 e. The van der Waals surface area contributed by atoms with Crippen molar-refractivity contribution in [2.24, 2.45) is 0 Å². The van der Waals surface area contributed by atoms with Crippen LogP contribution in [0.4, 0.5) is 5.69 Å². The SMILES string of the molecule is CCOc1ccc(NC(=O)C(c2ccccc2)N2CCCCC2=O)cc1S(=O)(=O)N(C)C. The molecule has 1 N–H and O–H groups in total. The summed E-state index contributed by atoms with van der Waals surface area (Å²) in [6.07, 6.45) is 2.05. The molecule has 0 aromatic heterocycles. The molecule has 172 valence electrons. The van der Waals surface area contributed by atoms with Crippen LogP contribution in [-0.4, -0.2) is 56.7 Å². The van der Waals surface area contributed by atoms with E-state index in [2.05, 4.69) is 5.32 Å². The third-order valence-electron chi connectivity index (χ3n) is 5.31. The maximum absolute atomic E-state index is 13.4. The predicted molar refractivity (Wildman–Crippen MR) is 122 cm³/mol. The quantitative estimate of drug-likeness (QED) is 0.655. The molecule has 0 aliphatic carbocycles. The van der Waals surface area contributed by atoms with Gasteiger partial charge in [-0.15, -0.1) is 0 Å². The van der Waals surface area contributed by atoms with E-state index < -0.39 is 22.0 Å². The Hall–Kier alpha value is -2.91. The molecule has 0 saturated carbocycles. The van der Waals surface area contributed by atoms with Gasteiger partial charge in [-0.3, -0.25) is 9.59 Å². The van der Waals surface area contributed by atoms with Gasteiger partial charge >= 0.3 is 0 Å². The Kier molecular flexibility index (Phi) is 7.52. The first-order valence-electron chi connectivity index (χ1n) is 10.6. The molecule has 1 atom stereocenters. The average molecular weight is 460 g/mol. The molecule has 0 bridgehead atoms. The van der Waals surface area contributed by atoms with Crippen LogP contribution in [0.1, 0.15) is 37.8 Å². The zero-order valence-corrected chi connectivity index (χ0v) is 19.4. The van der Waals surface area contributed by atoms with E-state index in [0.29, 0.717) is 30.8 Å². The summed E-state index contributed by atoms with van der Waals surface area (Å²) in [4.78, 5) is 27.5. The van der Waals surface area contributed by atoms with Crippen LogP contribution in [0.5, 0.6) is 5.75 Å². The van der Waals surface area contributed by atoms with Crippen molar-refractivity contribution in [3.05, 3.63) is 54.1 Å². The number of nitrogens with zero attached hydrogens (tertiary/aromatic N) is 2. The number of piperidine rings is 1. The van der Waals surface area contributed by atoms with E-state index in [1.54, 1.807) is 17.9 Å². The molecule has 9 heteroatoms. The van der Waals surface area contributed by atoms with Crippen molar-refractivity contribution >= 4 is 27.5 Å². The van der Waals surface area contributed by atoms with Crippen molar-refractivity contribution in [1.82, 2.24) is 9.21 Å².